The van der Waals surface area contributed by atoms with E-state index in [1.54, 1.807) is 42.5 Å². The standard InChI is InChI=1S/C30H34N4O6/c1-5-13-39-25-10-8-23(9-11-25)33-29(36)30(37)34-31-18-22-7-12-26(27(17-22)38-6-2)40-19-28(35)32-24-15-20(3)14-21(4)16-24/h7-12,14-18H,5-6,13,19H2,1-4H3,(H,32,35)(H,33,36)(H,34,37)/b31-18-. The lowest BCUT2D eigenvalue weighted by Crippen LogP contribution is -2.32. The average Bonchev–Trinajstić information content (AvgIpc) is 2.91. The van der Waals surface area contributed by atoms with Crippen molar-refractivity contribution in [2.45, 2.75) is 34.1 Å². The molecule has 0 aromatic heterocycles. The molecule has 3 rings (SSSR count). The number of aryl methyl sites for hydroxylation is 2. The maximum absolute atomic E-state index is 12.4. The number of amides is 3. The highest BCUT2D eigenvalue weighted by molar-refractivity contribution is 6.39. The molecule has 10 nitrogen and oxygen atoms in total. The third kappa shape index (κ3) is 9.46. The van der Waals surface area contributed by atoms with Gasteiger partial charge in [0.1, 0.15) is 5.75 Å². The van der Waals surface area contributed by atoms with Crippen molar-refractivity contribution in [2.75, 3.05) is 30.5 Å². The highest BCUT2D eigenvalue weighted by Gasteiger charge is 2.13. The lowest BCUT2D eigenvalue weighted by atomic mass is 10.1. The van der Waals surface area contributed by atoms with Gasteiger partial charge in [-0.15, -0.1) is 0 Å². The molecule has 0 radical (unpaired) electrons. The Bertz CT molecular complexity index is 1330. The van der Waals surface area contributed by atoms with Crippen molar-refractivity contribution >= 4 is 35.3 Å². The van der Waals surface area contributed by atoms with Crippen LogP contribution >= 0.6 is 0 Å². The molecule has 0 aliphatic carbocycles. The van der Waals surface area contributed by atoms with Crippen LogP contribution < -0.4 is 30.3 Å². The van der Waals surface area contributed by atoms with Crippen LogP contribution in [0.4, 0.5) is 11.4 Å². The molecule has 0 atom stereocenters. The smallest absolute Gasteiger partial charge is 0.329 e. The third-order valence-electron chi connectivity index (χ3n) is 5.30. The lowest BCUT2D eigenvalue weighted by molar-refractivity contribution is -0.136. The largest absolute Gasteiger partial charge is 0.494 e. The van der Waals surface area contributed by atoms with Gasteiger partial charge in [-0.3, -0.25) is 14.4 Å². The Morgan fingerprint density at radius 1 is 0.775 bits per heavy atom. The molecule has 3 N–H and O–H groups in total. The van der Waals surface area contributed by atoms with Crippen molar-refractivity contribution in [3.8, 4) is 17.2 Å². The summed E-state index contributed by atoms with van der Waals surface area (Å²) < 4.78 is 16.8. The summed E-state index contributed by atoms with van der Waals surface area (Å²) in [5, 5.41) is 9.18. The zero-order valence-electron chi connectivity index (χ0n) is 23.1. The van der Waals surface area contributed by atoms with Crippen molar-refractivity contribution < 1.29 is 28.6 Å². The second-order valence-electron chi connectivity index (χ2n) is 8.88. The van der Waals surface area contributed by atoms with Gasteiger partial charge in [0.15, 0.2) is 18.1 Å². The predicted molar refractivity (Wildman–Crippen MR) is 154 cm³/mol. The van der Waals surface area contributed by atoms with Crippen molar-refractivity contribution in [3.63, 3.8) is 0 Å². The predicted octanol–water partition coefficient (Wildman–Crippen LogP) is 4.60. The van der Waals surface area contributed by atoms with Gasteiger partial charge in [0, 0.05) is 11.4 Å². The first-order valence-electron chi connectivity index (χ1n) is 12.9. The van der Waals surface area contributed by atoms with Gasteiger partial charge in [0.2, 0.25) is 0 Å². The molecule has 3 aromatic carbocycles. The molecule has 0 fully saturated rings. The fourth-order valence-electron chi connectivity index (χ4n) is 3.64. The third-order valence-corrected chi connectivity index (χ3v) is 5.30. The van der Waals surface area contributed by atoms with E-state index in [-0.39, 0.29) is 12.5 Å². The first-order chi connectivity index (χ1) is 19.3. The van der Waals surface area contributed by atoms with Crippen LogP contribution in [0.3, 0.4) is 0 Å². The fraction of sp³-hybridized carbons (Fsp3) is 0.267. The van der Waals surface area contributed by atoms with Gasteiger partial charge >= 0.3 is 11.8 Å². The van der Waals surface area contributed by atoms with Crippen LogP contribution in [0, 0.1) is 13.8 Å². The lowest BCUT2D eigenvalue weighted by Gasteiger charge is -2.13. The number of nitrogens with zero attached hydrogens (tertiary/aromatic N) is 1. The summed E-state index contributed by atoms with van der Waals surface area (Å²) in [5.41, 5.74) is 6.03. The number of ether oxygens (including phenoxy) is 3. The minimum atomic E-state index is -0.928. The number of hydrogen-bond donors (Lipinski definition) is 3. The van der Waals surface area contributed by atoms with E-state index in [1.165, 1.54) is 6.21 Å². The summed E-state index contributed by atoms with van der Waals surface area (Å²) >= 11 is 0. The Balaban J connectivity index is 1.53. The number of hydrogen-bond acceptors (Lipinski definition) is 7. The molecule has 0 spiro atoms. The average molecular weight is 547 g/mol. The van der Waals surface area contributed by atoms with E-state index in [0.29, 0.717) is 47.4 Å². The molecule has 3 aromatic rings. The molecule has 0 heterocycles. The maximum Gasteiger partial charge on any atom is 0.329 e. The molecule has 0 aliphatic rings. The van der Waals surface area contributed by atoms with Crippen LogP contribution in [-0.2, 0) is 14.4 Å². The highest BCUT2D eigenvalue weighted by atomic mass is 16.5. The molecular formula is C30H34N4O6. The van der Waals surface area contributed by atoms with Crippen molar-refractivity contribution in [1.82, 2.24) is 5.43 Å². The van der Waals surface area contributed by atoms with Crippen LogP contribution in [0.5, 0.6) is 17.2 Å². The van der Waals surface area contributed by atoms with Crippen LogP contribution in [0.1, 0.15) is 37.0 Å². The molecular weight excluding hydrogens is 512 g/mol. The van der Waals surface area contributed by atoms with E-state index >= 15 is 0 Å². The minimum Gasteiger partial charge on any atom is -0.494 e. The monoisotopic (exact) mass is 546 g/mol. The summed E-state index contributed by atoms with van der Waals surface area (Å²) in [6.07, 6.45) is 2.25. The zero-order chi connectivity index (χ0) is 28.9. The Morgan fingerprint density at radius 3 is 2.17 bits per heavy atom. The summed E-state index contributed by atoms with van der Waals surface area (Å²) in [6.45, 7) is 8.51. The normalized spacial score (nSPS) is 10.6. The number of carbonyl (C=O) groups excluding carboxylic acids is 3. The van der Waals surface area contributed by atoms with Gasteiger partial charge in [0.05, 0.1) is 19.4 Å². The van der Waals surface area contributed by atoms with Gasteiger partial charge in [-0.25, -0.2) is 5.43 Å². The Morgan fingerprint density at radius 2 is 1.50 bits per heavy atom. The topological polar surface area (TPSA) is 127 Å². The van der Waals surface area contributed by atoms with Crippen molar-refractivity contribution in [2.24, 2.45) is 5.10 Å². The molecule has 0 saturated carbocycles. The van der Waals surface area contributed by atoms with Crippen molar-refractivity contribution in [1.29, 1.82) is 0 Å². The van der Waals surface area contributed by atoms with Gasteiger partial charge in [-0.05, 0) is 98.5 Å². The van der Waals surface area contributed by atoms with Crippen LogP contribution in [0.2, 0.25) is 0 Å². The summed E-state index contributed by atoms with van der Waals surface area (Å²) in [5.74, 6) is -0.637. The number of hydrazone groups is 1. The van der Waals surface area contributed by atoms with Crippen LogP contribution in [0.25, 0.3) is 0 Å². The molecule has 40 heavy (non-hydrogen) atoms. The molecule has 0 aliphatic heterocycles. The van der Waals surface area contributed by atoms with Crippen molar-refractivity contribution in [3.05, 3.63) is 77.4 Å². The zero-order valence-corrected chi connectivity index (χ0v) is 23.1. The number of rotatable bonds is 12. The fourth-order valence-corrected chi connectivity index (χ4v) is 3.64. The molecule has 0 saturated heterocycles. The molecule has 210 valence electrons. The van der Waals surface area contributed by atoms with E-state index in [4.69, 9.17) is 14.2 Å². The Labute approximate surface area is 233 Å². The van der Waals surface area contributed by atoms with Gasteiger partial charge in [-0.1, -0.05) is 13.0 Å². The van der Waals surface area contributed by atoms with Gasteiger partial charge in [-0.2, -0.15) is 5.10 Å². The van der Waals surface area contributed by atoms with Gasteiger partial charge in [0.25, 0.3) is 5.91 Å². The molecule has 3 amide bonds. The number of anilines is 2. The summed E-state index contributed by atoms with van der Waals surface area (Å²) in [4.78, 5) is 36.7. The van der Waals surface area contributed by atoms with Crippen LogP contribution in [-0.4, -0.2) is 43.8 Å². The highest BCUT2D eigenvalue weighted by Crippen LogP contribution is 2.28. The molecule has 0 unspecified atom stereocenters. The molecule has 0 bridgehead atoms. The van der Waals surface area contributed by atoms with E-state index in [1.807, 2.05) is 45.9 Å². The Hall–Kier alpha value is -4.86. The molecule has 10 heteroatoms. The second-order valence-corrected chi connectivity index (χ2v) is 8.88. The quantitative estimate of drug-likeness (QED) is 0.173. The van der Waals surface area contributed by atoms with Crippen LogP contribution in [0.15, 0.2) is 65.8 Å². The number of benzene rings is 3. The summed E-state index contributed by atoms with van der Waals surface area (Å²) in [7, 11) is 0. The van der Waals surface area contributed by atoms with Gasteiger partial charge < -0.3 is 24.8 Å². The number of carbonyl (C=O) groups is 3. The minimum absolute atomic E-state index is 0.208. The van der Waals surface area contributed by atoms with E-state index < -0.39 is 11.8 Å². The Kier molecular flexibility index (Phi) is 11.1. The summed E-state index contributed by atoms with van der Waals surface area (Å²) in [6, 6.07) is 17.5. The SMILES string of the molecule is CCCOc1ccc(NC(=O)C(=O)N/N=C\c2ccc(OCC(=O)Nc3cc(C)cc(C)c3)c(OCC)c2)cc1. The maximum atomic E-state index is 12.4. The first-order valence-corrected chi connectivity index (χ1v) is 12.9. The number of nitrogens with one attached hydrogen (secondary N) is 3. The van der Waals surface area contributed by atoms with E-state index in [9.17, 15) is 14.4 Å². The second kappa shape index (κ2) is 14.9. The first kappa shape index (κ1) is 29.7. The van der Waals surface area contributed by atoms with E-state index in [2.05, 4.69) is 21.2 Å². The van der Waals surface area contributed by atoms with E-state index in [0.717, 1.165) is 17.5 Å².